The Morgan fingerprint density at radius 2 is 2.03 bits per heavy atom. The molecule has 1 aliphatic rings. The van der Waals surface area contributed by atoms with Crippen molar-refractivity contribution < 1.29 is 23.5 Å². The van der Waals surface area contributed by atoms with Crippen molar-refractivity contribution in [2.45, 2.75) is 49.3 Å². The Bertz CT molecular complexity index is 926. The fourth-order valence-corrected chi connectivity index (χ4v) is 4.63. The number of nitrogens with one attached hydrogen (secondary N) is 1. The maximum Gasteiger partial charge on any atom is 0.341 e. The second-order valence-electron chi connectivity index (χ2n) is 7.44. The monoisotopic (exact) mass is 444 g/mol. The third-order valence-electron chi connectivity index (χ3n) is 5.18. The first-order valence-electron chi connectivity index (χ1n) is 10.5. The molecule has 7 nitrogen and oxygen atoms in total. The van der Waals surface area contributed by atoms with Gasteiger partial charge in [-0.2, -0.15) is 0 Å². The van der Waals surface area contributed by atoms with E-state index in [1.54, 1.807) is 6.07 Å². The van der Waals surface area contributed by atoms with Crippen LogP contribution in [0.2, 0.25) is 0 Å². The average Bonchev–Trinajstić information content (AvgIpc) is 3.26. The van der Waals surface area contributed by atoms with Crippen LogP contribution in [0, 0.1) is 0 Å². The molecule has 2 heterocycles. The molecule has 31 heavy (non-hydrogen) atoms. The van der Waals surface area contributed by atoms with Gasteiger partial charge in [0, 0.05) is 30.4 Å². The van der Waals surface area contributed by atoms with Crippen molar-refractivity contribution in [1.29, 1.82) is 0 Å². The molecular weight excluding hydrogens is 416 g/mol. The number of hydrogen-bond acceptors (Lipinski definition) is 6. The largest absolute Gasteiger partial charge is 0.468 e. The summed E-state index contributed by atoms with van der Waals surface area (Å²) in [5, 5.41) is 3.04. The maximum atomic E-state index is 13.3. The van der Waals surface area contributed by atoms with E-state index >= 15 is 0 Å². The van der Waals surface area contributed by atoms with E-state index in [1.807, 2.05) is 36.1 Å². The number of piperidine rings is 1. The molecule has 166 valence electrons. The molecule has 1 saturated heterocycles. The Hall–Kier alpha value is -2.74. The zero-order valence-electron chi connectivity index (χ0n) is 17.9. The number of amides is 2. The molecule has 1 aromatic heterocycles. The van der Waals surface area contributed by atoms with Gasteiger partial charge in [-0.1, -0.05) is 19.1 Å². The number of furan rings is 1. The molecule has 0 bridgehead atoms. The number of benzene rings is 1. The van der Waals surface area contributed by atoms with E-state index in [0.29, 0.717) is 42.2 Å². The lowest BCUT2D eigenvalue weighted by Crippen LogP contribution is -2.49. The van der Waals surface area contributed by atoms with Crippen molar-refractivity contribution in [2.24, 2.45) is 0 Å². The van der Waals surface area contributed by atoms with Gasteiger partial charge in [0.05, 0.1) is 24.7 Å². The first-order valence-corrected chi connectivity index (χ1v) is 11.5. The Morgan fingerprint density at radius 1 is 1.23 bits per heavy atom. The fourth-order valence-electron chi connectivity index (χ4n) is 3.63. The summed E-state index contributed by atoms with van der Waals surface area (Å²) in [6.07, 6.45) is 4.50. The molecule has 1 aliphatic heterocycles. The number of ether oxygens (including phenoxy) is 1. The van der Waals surface area contributed by atoms with Crippen LogP contribution >= 0.6 is 11.8 Å². The number of thioether (sulfide) groups is 1. The van der Waals surface area contributed by atoms with Crippen LogP contribution in [0.1, 0.15) is 59.1 Å². The van der Waals surface area contributed by atoms with E-state index in [9.17, 15) is 14.4 Å². The van der Waals surface area contributed by atoms with Gasteiger partial charge in [0.15, 0.2) is 0 Å². The molecule has 1 N–H and O–H groups in total. The number of nitrogens with zero attached hydrogens (tertiary/aromatic N) is 1. The summed E-state index contributed by atoms with van der Waals surface area (Å²) in [6, 6.07) is 9.00. The normalized spacial score (nSPS) is 16.1. The number of hydrogen-bond donors (Lipinski definition) is 1. The van der Waals surface area contributed by atoms with Crippen molar-refractivity contribution in [1.82, 2.24) is 10.2 Å². The molecular formula is C23H28N2O5S. The van der Waals surface area contributed by atoms with E-state index in [-0.39, 0.29) is 17.9 Å². The van der Waals surface area contributed by atoms with Crippen molar-refractivity contribution in [2.75, 3.05) is 20.2 Å². The Morgan fingerprint density at radius 3 is 2.81 bits per heavy atom. The van der Waals surface area contributed by atoms with Crippen LogP contribution in [-0.4, -0.2) is 48.9 Å². The number of carbonyl (C=O) groups is 3. The summed E-state index contributed by atoms with van der Waals surface area (Å²) >= 11 is 1.44. The van der Waals surface area contributed by atoms with Crippen molar-refractivity contribution in [3.05, 3.63) is 53.5 Å². The van der Waals surface area contributed by atoms with E-state index < -0.39 is 5.97 Å². The highest BCUT2D eigenvalue weighted by molar-refractivity contribution is 7.98. The average molecular weight is 445 g/mol. The number of methoxy groups -OCH3 is 1. The quantitative estimate of drug-likeness (QED) is 0.491. The standard InChI is InChI=1S/C23H28N2O5S/c1-3-7-21(26)24-16-8-6-12-25(14-16)22(27)18-9-4-5-10-20(18)31-15-19-17(11-13-30-19)23(28)29-2/h4-5,9-11,13,16H,3,6-8,12,14-15H2,1-2H3,(H,24,26). The molecule has 1 unspecified atom stereocenters. The van der Waals surface area contributed by atoms with E-state index in [2.05, 4.69) is 5.32 Å². The summed E-state index contributed by atoms with van der Waals surface area (Å²) in [6.45, 7) is 3.16. The summed E-state index contributed by atoms with van der Waals surface area (Å²) < 4.78 is 10.2. The summed E-state index contributed by atoms with van der Waals surface area (Å²) in [5.41, 5.74) is 1.000. The number of carbonyl (C=O) groups excluding carboxylic acids is 3. The molecule has 0 spiro atoms. The zero-order chi connectivity index (χ0) is 22.2. The summed E-state index contributed by atoms with van der Waals surface area (Å²) in [4.78, 5) is 39.7. The molecule has 0 saturated carbocycles. The maximum absolute atomic E-state index is 13.3. The molecule has 8 heteroatoms. The Balaban J connectivity index is 1.68. The molecule has 0 aliphatic carbocycles. The highest BCUT2D eigenvalue weighted by Gasteiger charge is 2.27. The predicted molar refractivity (Wildman–Crippen MR) is 118 cm³/mol. The SMILES string of the molecule is CCCC(=O)NC1CCCN(C(=O)c2ccccc2SCc2occc2C(=O)OC)C1. The van der Waals surface area contributed by atoms with Crippen molar-refractivity contribution in [3.63, 3.8) is 0 Å². The van der Waals surface area contributed by atoms with Crippen LogP contribution in [0.15, 0.2) is 45.9 Å². The Kier molecular flexibility index (Phi) is 8.17. The van der Waals surface area contributed by atoms with Crippen LogP contribution in [0.3, 0.4) is 0 Å². The van der Waals surface area contributed by atoms with Crippen molar-refractivity contribution >= 4 is 29.5 Å². The minimum atomic E-state index is -0.446. The third kappa shape index (κ3) is 5.91. The molecule has 3 rings (SSSR count). The van der Waals surface area contributed by atoms with E-state index in [4.69, 9.17) is 9.15 Å². The number of rotatable bonds is 8. The van der Waals surface area contributed by atoms with Crippen LogP contribution in [0.5, 0.6) is 0 Å². The third-order valence-corrected chi connectivity index (χ3v) is 6.25. The van der Waals surface area contributed by atoms with Gasteiger partial charge in [-0.15, -0.1) is 11.8 Å². The van der Waals surface area contributed by atoms with Gasteiger partial charge in [0.2, 0.25) is 5.91 Å². The first-order chi connectivity index (χ1) is 15.0. The highest BCUT2D eigenvalue weighted by Crippen LogP contribution is 2.29. The van der Waals surface area contributed by atoms with Gasteiger partial charge < -0.3 is 19.4 Å². The van der Waals surface area contributed by atoms with E-state index in [0.717, 1.165) is 24.2 Å². The summed E-state index contributed by atoms with van der Waals surface area (Å²) in [7, 11) is 1.33. The number of esters is 1. The number of likely N-dealkylation sites (tertiary alicyclic amines) is 1. The molecule has 1 aromatic carbocycles. The molecule has 1 fully saturated rings. The predicted octanol–water partition coefficient (Wildman–Crippen LogP) is 3.88. The lowest BCUT2D eigenvalue weighted by Gasteiger charge is -2.33. The van der Waals surface area contributed by atoms with Crippen molar-refractivity contribution in [3.8, 4) is 0 Å². The van der Waals surface area contributed by atoms with E-state index in [1.165, 1.54) is 25.1 Å². The minimum absolute atomic E-state index is 0.0118. The second kappa shape index (κ2) is 11.0. The lowest BCUT2D eigenvalue weighted by molar-refractivity contribution is -0.122. The van der Waals surface area contributed by atoms with Crippen LogP contribution in [0.4, 0.5) is 0 Å². The minimum Gasteiger partial charge on any atom is -0.468 e. The van der Waals surface area contributed by atoms with Crippen LogP contribution in [-0.2, 0) is 15.3 Å². The van der Waals surface area contributed by atoms with Gasteiger partial charge in [-0.25, -0.2) is 4.79 Å². The van der Waals surface area contributed by atoms with Gasteiger partial charge in [0.25, 0.3) is 5.91 Å². The van der Waals surface area contributed by atoms with Gasteiger partial charge in [-0.3, -0.25) is 9.59 Å². The lowest BCUT2D eigenvalue weighted by atomic mass is 10.0. The summed E-state index contributed by atoms with van der Waals surface area (Å²) in [5.74, 6) is 0.453. The van der Waals surface area contributed by atoms with Crippen LogP contribution < -0.4 is 5.32 Å². The topological polar surface area (TPSA) is 88.9 Å². The van der Waals surface area contributed by atoms with Gasteiger partial charge in [0.1, 0.15) is 11.3 Å². The van der Waals surface area contributed by atoms with Gasteiger partial charge in [-0.05, 0) is 37.5 Å². The molecule has 2 aromatic rings. The second-order valence-corrected chi connectivity index (χ2v) is 8.46. The fraction of sp³-hybridized carbons (Fsp3) is 0.435. The Labute approximate surface area is 186 Å². The highest BCUT2D eigenvalue weighted by atomic mass is 32.2. The van der Waals surface area contributed by atoms with Crippen LogP contribution in [0.25, 0.3) is 0 Å². The molecule has 2 amide bonds. The molecule has 0 radical (unpaired) electrons. The van der Waals surface area contributed by atoms with Gasteiger partial charge >= 0.3 is 5.97 Å². The molecule has 1 atom stereocenters. The first kappa shape index (κ1) is 22.9. The zero-order valence-corrected chi connectivity index (χ0v) is 18.7. The smallest absolute Gasteiger partial charge is 0.341 e.